The van der Waals surface area contributed by atoms with E-state index in [1.165, 1.54) is 23.9 Å². The standard InChI is InChI=1S/C24H21N7O3S/c1-16-3-7-20(8-4-16)30-23(19-11-13-25-14-12-19)28-29-24(30)35-15-22(32)27-26-17(2)18-5-9-21(10-6-18)31(33)34/h3-14H,15H2,1-2H3,(H,27,32)/b26-17-. The Bertz CT molecular complexity index is 1370. The number of nitrogens with one attached hydrogen (secondary N) is 1. The second-order valence-electron chi connectivity index (χ2n) is 7.54. The Labute approximate surface area is 205 Å². The third-order valence-electron chi connectivity index (χ3n) is 5.04. The number of hydrogen-bond acceptors (Lipinski definition) is 8. The fraction of sp³-hybridized carbons (Fsp3) is 0.125. The highest BCUT2D eigenvalue weighted by molar-refractivity contribution is 7.99. The maximum atomic E-state index is 12.5. The first-order valence-electron chi connectivity index (χ1n) is 10.6. The SMILES string of the molecule is C/C(=N/NC(=O)CSc1nnc(-c2ccncc2)n1-c1ccc(C)cc1)c1ccc([N+](=O)[O-])cc1. The molecule has 2 aromatic carbocycles. The number of nitrogens with zero attached hydrogens (tertiary/aromatic N) is 6. The van der Waals surface area contributed by atoms with Crippen molar-refractivity contribution in [1.29, 1.82) is 0 Å². The van der Waals surface area contributed by atoms with Gasteiger partial charge in [0.05, 0.1) is 16.4 Å². The van der Waals surface area contributed by atoms with E-state index in [4.69, 9.17) is 0 Å². The Morgan fingerprint density at radius 1 is 1.06 bits per heavy atom. The van der Waals surface area contributed by atoms with E-state index in [1.807, 2.05) is 47.9 Å². The highest BCUT2D eigenvalue weighted by atomic mass is 32.2. The van der Waals surface area contributed by atoms with Crippen LogP contribution in [0, 0.1) is 17.0 Å². The molecule has 0 saturated carbocycles. The van der Waals surface area contributed by atoms with E-state index in [-0.39, 0.29) is 17.3 Å². The molecule has 176 valence electrons. The molecule has 4 rings (SSSR count). The number of nitro benzene ring substituents is 1. The number of carbonyl (C=O) groups excluding carboxylic acids is 1. The summed E-state index contributed by atoms with van der Waals surface area (Å²) < 4.78 is 1.90. The minimum Gasteiger partial charge on any atom is -0.272 e. The normalized spacial score (nSPS) is 11.3. The predicted octanol–water partition coefficient (Wildman–Crippen LogP) is 4.18. The molecule has 11 heteroatoms. The molecule has 10 nitrogen and oxygen atoms in total. The highest BCUT2D eigenvalue weighted by Crippen LogP contribution is 2.27. The van der Waals surface area contributed by atoms with Gasteiger partial charge in [0.1, 0.15) is 0 Å². The van der Waals surface area contributed by atoms with Crippen LogP contribution in [0.3, 0.4) is 0 Å². The molecule has 0 aliphatic carbocycles. The van der Waals surface area contributed by atoms with Gasteiger partial charge in [-0.15, -0.1) is 10.2 Å². The zero-order chi connectivity index (χ0) is 24.8. The number of amides is 1. The van der Waals surface area contributed by atoms with Gasteiger partial charge in [-0.05, 0) is 55.8 Å². The van der Waals surface area contributed by atoms with E-state index < -0.39 is 4.92 Å². The maximum Gasteiger partial charge on any atom is 0.269 e. The summed E-state index contributed by atoms with van der Waals surface area (Å²) >= 11 is 1.24. The predicted molar refractivity (Wildman–Crippen MR) is 134 cm³/mol. The topological polar surface area (TPSA) is 128 Å². The van der Waals surface area contributed by atoms with Gasteiger partial charge in [0, 0.05) is 35.8 Å². The molecule has 0 atom stereocenters. The summed E-state index contributed by atoms with van der Waals surface area (Å²) in [6.45, 7) is 3.72. The van der Waals surface area contributed by atoms with Gasteiger partial charge in [-0.2, -0.15) is 5.10 Å². The third-order valence-corrected chi connectivity index (χ3v) is 5.97. The monoisotopic (exact) mass is 487 g/mol. The second-order valence-corrected chi connectivity index (χ2v) is 8.48. The quantitative estimate of drug-likeness (QED) is 0.171. The molecule has 1 N–H and O–H groups in total. The van der Waals surface area contributed by atoms with Crippen molar-refractivity contribution in [2.45, 2.75) is 19.0 Å². The van der Waals surface area contributed by atoms with Crippen molar-refractivity contribution >= 4 is 29.1 Å². The molecular formula is C24H21N7O3S. The third kappa shape index (κ3) is 5.76. The van der Waals surface area contributed by atoms with Gasteiger partial charge < -0.3 is 0 Å². The van der Waals surface area contributed by atoms with Crippen molar-refractivity contribution in [3.8, 4) is 17.1 Å². The minimum atomic E-state index is -0.468. The Morgan fingerprint density at radius 3 is 2.40 bits per heavy atom. The van der Waals surface area contributed by atoms with Crippen LogP contribution in [0.15, 0.2) is 83.3 Å². The van der Waals surface area contributed by atoms with Crippen molar-refractivity contribution in [2.75, 3.05) is 5.75 Å². The Kier molecular flexibility index (Phi) is 7.27. The number of hydrazone groups is 1. The van der Waals surface area contributed by atoms with Crippen LogP contribution in [0.5, 0.6) is 0 Å². The highest BCUT2D eigenvalue weighted by Gasteiger charge is 2.17. The second kappa shape index (κ2) is 10.7. The minimum absolute atomic E-state index is 0.00851. The van der Waals surface area contributed by atoms with Crippen LogP contribution in [-0.4, -0.2) is 42.0 Å². The average molecular weight is 488 g/mol. The van der Waals surface area contributed by atoms with Crippen LogP contribution < -0.4 is 5.43 Å². The summed E-state index contributed by atoms with van der Waals surface area (Å²) in [5.41, 5.74) is 6.57. The van der Waals surface area contributed by atoms with Crippen molar-refractivity contribution in [3.63, 3.8) is 0 Å². The number of thioether (sulfide) groups is 1. The van der Waals surface area contributed by atoms with Crippen molar-refractivity contribution in [1.82, 2.24) is 25.2 Å². The number of rotatable bonds is 8. The number of benzene rings is 2. The van der Waals surface area contributed by atoms with Crippen LogP contribution in [0.1, 0.15) is 18.1 Å². The molecule has 2 aromatic heterocycles. The van der Waals surface area contributed by atoms with E-state index in [1.54, 1.807) is 31.5 Å². The van der Waals surface area contributed by atoms with Gasteiger partial charge in [-0.3, -0.25) is 24.5 Å². The number of pyridine rings is 1. The fourth-order valence-electron chi connectivity index (χ4n) is 3.18. The van der Waals surface area contributed by atoms with Gasteiger partial charge in [-0.25, -0.2) is 5.43 Å². The number of aromatic nitrogens is 4. The van der Waals surface area contributed by atoms with E-state index >= 15 is 0 Å². The fourth-order valence-corrected chi connectivity index (χ4v) is 3.92. The summed E-state index contributed by atoms with van der Waals surface area (Å²) in [5.74, 6) is 0.392. The molecule has 0 aliphatic heterocycles. The number of carbonyl (C=O) groups is 1. The summed E-state index contributed by atoms with van der Waals surface area (Å²) in [7, 11) is 0. The molecule has 2 heterocycles. The molecule has 0 fully saturated rings. The van der Waals surface area contributed by atoms with Crippen molar-refractivity contribution in [3.05, 3.63) is 94.3 Å². The average Bonchev–Trinajstić information content (AvgIpc) is 3.31. The Balaban J connectivity index is 1.48. The van der Waals surface area contributed by atoms with Crippen LogP contribution >= 0.6 is 11.8 Å². The number of hydrogen-bond donors (Lipinski definition) is 1. The molecule has 0 radical (unpaired) electrons. The first-order valence-corrected chi connectivity index (χ1v) is 11.5. The lowest BCUT2D eigenvalue weighted by molar-refractivity contribution is -0.384. The summed E-state index contributed by atoms with van der Waals surface area (Å²) in [6, 6.07) is 17.6. The summed E-state index contributed by atoms with van der Waals surface area (Å²) in [6.07, 6.45) is 3.38. The number of aryl methyl sites for hydroxylation is 1. The summed E-state index contributed by atoms with van der Waals surface area (Å²) in [5, 5.41) is 24.1. The molecule has 4 aromatic rings. The van der Waals surface area contributed by atoms with Gasteiger partial charge in [0.2, 0.25) is 0 Å². The maximum absolute atomic E-state index is 12.5. The van der Waals surface area contributed by atoms with E-state index in [2.05, 4.69) is 25.7 Å². The van der Waals surface area contributed by atoms with E-state index in [0.29, 0.717) is 22.3 Å². The van der Waals surface area contributed by atoms with Gasteiger partial charge in [-0.1, -0.05) is 29.5 Å². The lowest BCUT2D eigenvalue weighted by Crippen LogP contribution is -2.21. The first-order chi connectivity index (χ1) is 16.9. The largest absolute Gasteiger partial charge is 0.272 e. The number of non-ortho nitro benzene ring substituents is 1. The zero-order valence-electron chi connectivity index (χ0n) is 19.0. The van der Waals surface area contributed by atoms with Gasteiger partial charge >= 0.3 is 0 Å². The van der Waals surface area contributed by atoms with Gasteiger partial charge in [0.15, 0.2) is 11.0 Å². The lowest BCUT2D eigenvalue weighted by Gasteiger charge is -2.10. The van der Waals surface area contributed by atoms with Crippen molar-refractivity contribution in [2.24, 2.45) is 5.10 Å². The molecule has 0 unspecified atom stereocenters. The summed E-state index contributed by atoms with van der Waals surface area (Å²) in [4.78, 5) is 26.9. The first kappa shape index (κ1) is 23.8. The zero-order valence-corrected chi connectivity index (χ0v) is 19.8. The van der Waals surface area contributed by atoms with Crippen LogP contribution in [-0.2, 0) is 4.79 Å². The molecule has 0 bridgehead atoms. The Morgan fingerprint density at radius 2 is 1.74 bits per heavy atom. The molecule has 1 amide bonds. The van der Waals surface area contributed by atoms with Crippen LogP contribution in [0.4, 0.5) is 5.69 Å². The molecular weight excluding hydrogens is 466 g/mol. The Hall–Kier alpha value is -4.38. The molecule has 0 aliphatic rings. The smallest absolute Gasteiger partial charge is 0.269 e. The van der Waals surface area contributed by atoms with Crippen LogP contribution in [0.2, 0.25) is 0 Å². The van der Waals surface area contributed by atoms with Gasteiger partial charge in [0.25, 0.3) is 11.6 Å². The van der Waals surface area contributed by atoms with Crippen molar-refractivity contribution < 1.29 is 9.72 Å². The van der Waals surface area contributed by atoms with Crippen LogP contribution in [0.25, 0.3) is 17.1 Å². The molecule has 0 spiro atoms. The van der Waals surface area contributed by atoms with E-state index in [0.717, 1.165) is 16.8 Å². The molecule has 35 heavy (non-hydrogen) atoms. The number of nitro groups is 1. The van der Waals surface area contributed by atoms with E-state index in [9.17, 15) is 14.9 Å². The molecule has 0 saturated heterocycles. The lowest BCUT2D eigenvalue weighted by atomic mass is 10.1.